The maximum absolute atomic E-state index is 14.5. The number of rotatable bonds is 2. The fraction of sp³-hybridized carbons (Fsp3) is 0.318. The minimum Gasteiger partial charge on any atom is -0.367 e. The van der Waals surface area contributed by atoms with E-state index in [0.29, 0.717) is 29.0 Å². The van der Waals surface area contributed by atoms with Gasteiger partial charge in [-0.1, -0.05) is 0 Å². The van der Waals surface area contributed by atoms with Gasteiger partial charge in [-0.15, -0.1) is 0 Å². The van der Waals surface area contributed by atoms with Gasteiger partial charge in [0.25, 0.3) is 5.56 Å². The molecule has 1 fully saturated rings. The van der Waals surface area contributed by atoms with Crippen LogP contribution >= 0.6 is 0 Å². The van der Waals surface area contributed by atoms with Gasteiger partial charge in [0.15, 0.2) is 11.5 Å². The normalized spacial score (nSPS) is 19.7. The molecule has 0 aliphatic carbocycles. The lowest BCUT2D eigenvalue weighted by Gasteiger charge is -2.37. The summed E-state index contributed by atoms with van der Waals surface area (Å²) >= 11 is 0. The predicted octanol–water partition coefficient (Wildman–Crippen LogP) is 2.64. The number of hydrogen-bond acceptors (Lipinski definition) is 5. The third-order valence-electron chi connectivity index (χ3n) is 5.49. The Balaban J connectivity index is 1.57. The average molecular weight is 406 g/mol. The molecule has 30 heavy (non-hydrogen) atoms. The number of halogens is 1. The molecule has 1 aliphatic heterocycles. The van der Waals surface area contributed by atoms with E-state index in [0.717, 1.165) is 24.5 Å². The second kappa shape index (κ2) is 6.91. The van der Waals surface area contributed by atoms with Crippen molar-refractivity contribution in [3.63, 3.8) is 0 Å². The molecule has 0 radical (unpaired) electrons. The second-order valence-electron chi connectivity index (χ2n) is 8.16. The molecule has 0 bridgehead atoms. The number of pyridine rings is 2. The highest BCUT2D eigenvalue weighted by Gasteiger charge is 2.21. The van der Waals surface area contributed by atoms with Crippen LogP contribution in [0.1, 0.15) is 19.5 Å². The summed E-state index contributed by atoms with van der Waals surface area (Å²) in [6, 6.07) is 7.39. The van der Waals surface area contributed by atoms with Crippen LogP contribution in [0.5, 0.6) is 0 Å². The van der Waals surface area contributed by atoms with E-state index in [1.807, 2.05) is 25.3 Å². The van der Waals surface area contributed by atoms with E-state index in [-0.39, 0.29) is 11.2 Å². The molecule has 154 valence electrons. The van der Waals surface area contributed by atoms with Crippen molar-refractivity contribution in [3.05, 3.63) is 64.7 Å². The van der Waals surface area contributed by atoms with Gasteiger partial charge in [-0.25, -0.2) is 14.4 Å². The van der Waals surface area contributed by atoms with Crippen molar-refractivity contribution in [1.82, 2.24) is 24.1 Å². The fourth-order valence-electron chi connectivity index (χ4n) is 4.28. The second-order valence-corrected chi connectivity index (χ2v) is 8.16. The Labute approximate surface area is 172 Å². The van der Waals surface area contributed by atoms with Crippen molar-refractivity contribution >= 4 is 17.0 Å². The van der Waals surface area contributed by atoms with Crippen molar-refractivity contribution in [2.75, 3.05) is 18.0 Å². The third kappa shape index (κ3) is 3.23. The number of hydrogen-bond donors (Lipinski definition) is 1. The fourth-order valence-corrected chi connectivity index (χ4v) is 4.28. The molecule has 0 spiro atoms. The van der Waals surface area contributed by atoms with Gasteiger partial charge in [0.2, 0.25) is 0 Å². The molecule has 1 saturated heterocycles. The summed E-state index contributed by atoms with van der Waals surface area (Å²) in [5, 5.41) is 3.51. The van der Waals surface area contributed by atoms with E-state index in [4.69, 9.17) is 0 Å². The first kappa shape index (κ1) is 18.7. The van der Waals surface area contributed by atoms with Gasteiger partial charge in [-0.3, -0.25) is 9.20 Å². The van der Waals surface area contributed by atoms with Gasteiger partial charge < -0.3 is 14.6 Å². The summed E-state index contributed by atoms with van der Waals surface area (Å²) < 4.78 is 17.6. The molecule has 5 heterocycles. The van der Waals surface area contributed by atoms with Gasteiger partial charge in [0.05, 0.1) is 17.1 Å². The molecular formula is C22H23FN6O. The van der Waals surface area contributed by atoms with Crippen molar-refractivity contribution in [1.29, 1.82) is 0 Å². The Morgan fingerprint density at radius 3 is 2.60 bits per heavy atom. The molecule has 0 unspecified atom stereocenters. The Morgan fingerprint density at radius 1 is 1.07 bits per heavy atom. The zero-order valence-corrected chi connectivity index (χ0v) is 17.1. The number of fused-ring (bicyclic) bond motifs is 2. The molecule has 0 amide bonds. The Morgan fingerprint density at radius 2 is 1.83 bits per heavy atom. The number of imidazole rings is 1. The van der Waals surface area contributed by atoms with Gasteiger partial charge in [-0.2, -0.15) is 0 Å². The molecule has 1 aliphatic rings. The van der Waals surface area contributed by atoms with Crippen LogP contribution in [0, 0.1) is 12.7 Å². The van der Waals surface area contributed by atoms with Crippen LogP contribution in [0.25, 0.3) is 22.6 Å². The standard InChI is InChI=1S/C22H23FN6O/c1-13-8-27(9-14(2)24-13)17-4-5-20-26-19(7-21(30)29(20)12-17)16-6-18(23)22-25-15(3)10-28(22)11-16/h4-7,10-14,24H,8-9H2,1-3H3/t13-,14-/m0/s1. The molecule has 1 N–H and O–H groups in total. The number of nitrogens with zero attached hydrogens (tertiary/aromatic N) is 5. The Kier molecular flexibility index (Phi) is 4.32. The van der Waals surface area contributed by atoms with Crippen molar-refractivity contribution in [2.45, 2.75) is 32.9 Å². The van der Waals surface area contributed by atoms with Gasteiger partial charge in [0.1, 0.15) is 5.65 Å². The van der Waals surface area contributed by atoms with Crippen LogP contribution < -0.4 is 15.8 Å². The smallest absolute Gasteiger partial charge is 0.258 e. The van der Waals surface area contributed by atoms with Crippen LogP contribution in [-0.2, 0) is 0 Å². The third-order valence-corrected chi connectivity index (χ3v) is 5.49. The summed E-state index contributed by atoms with van der Waals surface area (Å²) in [5.41, 5.74) is 3.27. The average Bonchev–Trinajstić information content (AvgIpc) is 3.08. The molecule has 5 rings (SSSR count). The summed E-state index contributed by atoms with van der Waals surface area (Å²) in [5.74, 6) is -0.445. The lowest BCUT2D eigenvalue weighted by Crippen LogP contribution is -2.54. The summed E-state index contributed by atoms with van der Waals surface area (Å²) in [6.45, 7) is 7.87. The molecule has 8 heteroatoms. The van der Waals surface area contributed by atoms with Crippen molar-refractivity contribution in [3.8, 4) is 11.3 Å². The quantitative estimate of drug-likeness (QED) is 0.554. The predicted molar refractivity (Wildman–Crippen MR) is 115 cm³/mol. The summed E-state index contributed by atoms with van der Waals surface area (Å²) in [6.07, 6.45) is 5.33. The zero-order valence-electron chi connectivity index (χ0n) is 17.1. The van der Waals surface area contributed by atoms with Gasteiger partial charge in [0, 0.05) is 55.4 Å². The van der Waals surface area contributed by atoms with E-state index < -0.39 is 5.82 Å². The Bertz CT molecular complexity index is 1320. The maximum Gasteiger partial charge on any atom is 0.258 e. The zero-order chi connectivity index (χ0) is 21.0. The van der Waals surface area contributed by atoms with E-state index >= 15 is 0 Å². The molecule has 4 aromatic heterocycles. The van der Waals surface area contributed by atoms with Crippen molar-refractivity contribution < 1.29 is 4.39 Å². The summed E-state index contributed by atoms with van der Waals surface area (Å²) in [4.78, 5) is 23.9. The molecule has 0 aromatic carbocycles. The molecule has 0 saturated carbocycles. The molecular weight excluding hydrogens is 383 g/mol. The highest BCUT2D eigenvalue weighted by atomic mass is 19.1. The largest absolute Gasteiger partial charge is 0.367 e. The molecule has 2 atom stereocenters. The van der Waals surface area contributed by atoms with Crippen LogP contribution in [0.4, 0.5) is 10.1 Å². The van der Waals surface area contributed by atoms with Gasteiger partial charge >= 0.3 is 0 Å². The van der Waals surface area contributed by atoms with Crippen LogP contribution in [-0.4, -0.2) is 43.9 Å². The maximum atomic E-state index is 14.5. The monoisotopic (exact) mass is 406 g/mol. The first-order valence-corrected chi connectivity index (χ1v) is 10.1. The lowest BCUT2D eigenvalue weighted by atomic mass is 10.1. The van der Waals surface area contributed by atoms with Crippen LogP contribution in [0.3, 0.4) is 0 Å². The highest BCUT2D eigenvalue weighted by Crippen LogP contribution is 2.22. The molecule has 4 aromatic rings. The number of nitrogens with one attached hydrogen (secondary N) is 1. The minimum absolute atomic E-state index is 0.199. The van der Waals surface area contributed by atoms with Crippen LogP contribution in [0.2, 0.25) is 0 Å². The first-order valence-electron chi connectivity index (χ1n) is 10.1. The number of aryl methyl sites for hydroxylation is 1. The SMILES string of the molecule is Cc1cn2cc(-c3cc(=O)n4cc(N5C[C@H](C)N[C@@H](C)C5)ccc4n3)cc(F)c2n1. The van der Waals surface area contributed by atoms with E-state index in [1.54, 1.807) is 21.2 Å². The van der Waals surface area contributed by atoms with E-state index in [2.05, 4.69) is 34.0 Å². The first-order chi connectivity index (χ1) is 14.4. The van der Waals surface area contributed by atoms with E-state index in [1.165, 1.54) is 12.1 Å². The topological polar surface area (TPSA) is 66.9 Å². The van der Waals surface area contributed by atoms with Crippen molar-refractivity contribution in [2.24, 2.45) is 0 Å². The Hall–Kier alpha value is -3.26. The minimum atomic E-state index is -0.445. The van der Waals surface area contributed by atoms with Crippen LogP contribution in [0.15, 0.2) is 47.7 Å². The van der Waals surface area contributed by atoms with Gasteiger partial charge in [-0.05, 0) is 39.0 Å². The number of aromatic nitrogens is 4. The highest BCUT2D eigenvalue weighted by molar-refractivity contribution is 5.64. The summed E-state index contributed by atoms with van der Waals surface area (Å²) in [7, 11) is 0. The molecule has 7 nitrogen and oxygen atoms in total. The lowest BCUT2D eigenvalue weighted by molar-refractivity contribution is 0.407. The number of piperazine rings is 1. The number of anilines is 1. The van der Waals surface area contributed by atoms with E-state index in [9.17, 15) is 9.18 Å².